The molecule has 0 aliphatic heterocycles. The maximum atomic E-state index is 8.88. The third-order valence-corrected chi connectivity index (χ3v) is 1.19. The third kappa shape index (κ3) is 2.80. The summed E-state index contributed by atoms with van der Waals surface area (Å²) < 4.78 is 0. The van der Waals surface area contributed by atoms with Crippen molar-refractivity contribution in [2.75, 3.05) is 0 Å². The molecule has 0 aromatic carbocycles. The Balaban J connectivity index is 3.61. The van der Waals surface area contributed by atoms with Gasteiger partial charge in [0.2, 0.25) is 0 Å². The summed E-state index contributed by atoms with van der Waals surface area (Å²) in [6.07, 6.45) is 2.77. The molecule has 0 amide bonds. The molecule has 1 nitrogen and oxygen atoms in total. The average molecular weight is 114 g/mol. The number of aliphatic hydroxyl groups excluding tert-OH is 1. The molecule has 0 saturated heterocycles. The van der Waals surface area contributed by atoms with Crippen molar-refractivity contribution in [2.24, 2.45) is 0 Å². The summed E-state index contributed by atoms with van der Waals surface area (Å²) in [5.74, 6) is 0. The Kier molecular flexibility index (Phi) is 3.53. The zero-order valence-electron chi connectivity index (χ0n) is 5.81. The molecule has 48 valence electrons. The van der Waals surface area contributed by atoms with Crippen LogP contribution in [-0.2, 0) is 0 Å². The quantitative estimate of drug-likeness (QED) is 0.542. The largest absolute Gasteiger partial charge is 0.389 e. The molecule has 0 aromatic rings. The molecule has 0 fully saturated rings. The van der Waals surface area contributed by atoms with Crippen molar-refractivity contribution in [2.45, 2.75) is 33.3 Å². The second-order valence-corrected chi connectivity index (χ2v) is 2.03. The highest BCUT2D eigenvalue weighted by Gasteiger charge is 1.93. The monoisotopic (exact) mass is 114 g/mol. The summed E-state index contributed by atoms with van der Waals surface area (Å²) in [6.45, 7) is 5.78. The Morgan fingerprint density at radius 1 is 1.75 bits per heavy atom. The molecule has 0 radical (unpaired) electrons. The first-order valence-corrected chi connectivity index (χ1v) is 3.03. The Hall–Kier alpha value is -0.300. The van der Waals surface area contributed by atoms with Crippen LogP contribution in [0.25, 0.3) is 0 Å². The van der Waals surface area contributed by atoms with E-state index in [9.17, 15) is 0 Å². The van der Waals surface area contributed by atoms with E-state index < -0.39 is 0 Å². The van der Waals surface area contributed by atoms with E-state index in [1.165, 1.54) is 0 Å². The van der Waals surface area contributed by atoms with Gasteiger partial charge in [-0.2, -0.15) is 0 Å². The van der Waals surface area contributed by atoms with Gasteiger partial charge in [-0.05, 0) is 25.8 Å². The minimum Gasteiger partial charge on any atom is -0.389 e. The van der Waals surface area contributed by atoms with E-state index in [0.717, 1.165) is 12.0 Å². The van der Waals surface area contributed by atoms with Crippen molar-refractivity contribution in [1.82, 2.24) is 0 Å². The molecule has 0 bridgehead atoms. The average Bonchev–Trinajstić information content (AvgIpc) is 1.67. The highest BCUT2D eigenvalue weighted by molar-refractivity contribution is 5.01. The fourth-order valence-electron chi connectivity index (χ4n) is 0.493. The zero-order chi connectivity index (χ0) is 6.57. The SMILES string of the molecule is CC/C=C(/C)C(C)O. The molecular weight excluding hydrogens is 100 g/mol. The summed E-state index contributed by atoms with van der Waals surface area (Å²) in [4.78, 5) is 0. The molecule has 1 atom stereocenters. The zero-order valence-corrected chi connectivity index (χ0v) is 5.81. The van der Waals surface area contributed by atoms with Gasteiger partial charge in [-0.15, -0.1) is 0 Å². The number of hydrogen-bond acceptors (Lipinski definition) is 1. The van der Waals surface area contributed by atoms with Crippen molar-refractivity contribution in [3.63, 3.8) is 0 Å². The van der Waals surface area contributed by atoms with Crippen molar-refractivity contribution in [1.29, 1.82) is 0 Å². The molecule has 1 unspecified atom stereocenters. The van der Waals surface area contributed by atoms with Crippen LogP contribution in [0.4, 0.5) is 0 Å². The first-order valence-electron chi connectivity index (χ1n) is 3.03. The van der Waals surface area contributed by atoms with Gasteiger partial charge in [-0.25, -0.2) is 0 Å². The molecule has 0 aliphatic rings. The first-order chi connectivity index (χ1) is 3.68. The highest BCUT2D eigenvalue weighted by atomic mass is 16.3. The van der Waals surface area contributed by atoms with E-state index >= 15 is 0 Å². The van der Waals surface area contributed by atoms with E-state index in [-0.39, 0.29) is 6.10 Å². The van der Waals surface area contributed by atoms with Crippen LogP contribution in [-0.4, -0.2) is 11.2 Å². The summed E-state index contributed by atoms with van der Waals surface area (Å²) in [5, 5.41) is 8.88. The second kappa shape index (κ2) is 3.67. The molecule has 0 aliphatic carbocycles. The van der Waals surface area contributed by atoms with Crippen molar-refractivity contribution in [3.05, 3.63) is 11.6 Å². The smallest absolute Gasteiger partial charge is 0.0719 e. The van der Waals surface area contributed by atoms with Gasteiger partial charge in [-0.1, -0.05) is 13.0 Å². The van der Waals surface area contributed by atoms with E-state index in [1.807, 2.05) is 13.0 Å². The second-order valence-electron chi connectivity index (χ2n) is 2.03. The number of rotatable bonds is 2. The van der Waals surface area contributed by atoms with Crippen LogP contribution >= 0.6 is 0 Å². The standard InChI is InChI=1S/C7H14O/c1-4-5-6(2)7(3)8/h5,7-8H,4H2,1-3H3/b6-5-. The Morgan fingerprint density at radius 2 is 2.25 bits per heavy atom. The van der Waals surface area contributed by atoms with E-state index in [4.69, 9.17) is 5.11 Å². The van der Waals surface area contributed by atoms with Crippen LogP contribution in [0.15, 0.2) is 11.6 Å². The lowest BCUT2D eigenvalue weighted by molar-refractivity contribution is 0.231. The molecule has 8 heavy (non-hydrogen) atoms. The van der Waals surface area contributed by atoms with Gasteiger partial charge in [0, 0.05) is 0 Å². The van der Waals surface area contributed by atoms with Crippen LogP contribution < -0.4 is 0 Å². The minimum absolute atomic E-state index is 0.269. The predicted molar refractivity (Wildman–Crippen MR) is 35.7 cm³/mol. The van der Waals surface area contributed by atoms with Crippen LogP contribution in [0.5, 0.6) is 0 Å². The Bertz CT molecular complexity index is 82.4. The molecule has 0 heterocycles. The normalized spacial score (nSPS) is 16.2. The highest BCUT2D eigenvalue weighted by Crippen LogP contribution is 1.99. The Labute approximate surface area is 51.0 Å². The summed E-state index contributed by atoms with van der Waals surface area (Å²) in [5.41, 5.74) is 1.06. The third-order valence-electron chi connectivity index (χ3n) is 1.19. The molecule has 1 N–H and O–H groups in total. The maximum absolute atomic E-state index is 8.88. The molecule has 0 spiro atoms. The first kappa shape index (κ1) is 7.70. The summed E-state index contributed by atoms with van der Waals surface area (Å²) >= 11 is 0. The van der Waals surface area contributed by atoms with Gasteiger partial charge in [0.1, 0.15) is 0 Å². The number of hydrogen-bond donors (Lipinski definition) is 1. The summed E-state index contributed by atoms with van der Waals surface area (Å²) in [7, 11) is 0. The van der Waals surface area contributed by atoms with E-state index in [2.05, 4.69) is 6.92 Å². The topological polar surface area (TPSA) is 20.2 Å². The lowest BCUT2D eigenvalue weighted by Gasteiger charge is -2.01. The van der Waals surface area contributed by atoms with Crippen molar-refractivity contribution >= 4 is 0 Å². The molecule has 0 aromatic heterocycles. The van der Waals surface area contributed by atoms with Gasteiger partial charge in [0.25, 0.3) is 0 Å². The van der Waals surface area contributed by atoms with Crippen LogP contribution in [0.1, 0.15) is 27.2 Å². The van der Waals surface area contributed by atoms with Gasteiger partial charge in [0.05, 0.1) is 6.10 Å². The predicted octanol–water partition coefficient (Wildman–Crippen LogP) is 1.72. The molecule has 0 saturated carbocycles. The molecule has 0 rings (SSSR count). The van der Waals surface area contributed by atoms with Gasteiger partial charge in [0.15, 0.2) is 0 Å². The van der Waals surface area contributed by atoms with Crippen LogP contribution in [0.2, 0.25) is 0 Å². The van der Waals surface area contributed by atoms with Gasteiger partial charge < -0.3 is 5.11 Å². The van der Waals surface area contributed by atoms with Gasteiger partial charge in [-0.3, -0.25) is 0 Å². The molecular formula is C7H14O. The Morgan fingerprint density at radius 3 is 2.38 bits per heavy atom. The lowest BCUT2D eigenvalue weighted by atomic mass is 10.2. The number of allylic oxidation sites excluding steroid dienone is 1. The van der Waals surface area contributed by atoms with Crippen molar-refractivity contribution in [3.8, 4) is 0 Å². The van der Waals surface area contributed by atoms with Crippen LogP contribution in [0, 0.1) is 0 Å². The van der Waals surface area contributed by atoms with E-state index in [0.29, 0.717) is 0 Å². The fraction of sp³-hybridized carbons (Fsp3) is 0.714. The van der Waals surface area contributed by atoms with Crippen molar-refractivity contribution < 1.29 is 5.11 Å². The minimum atomic E-state index is -0.269. The lowest BCUT2D eigenvalue weighted by Crippen LogP contribution is -1.99. The maximum Gasteiger partial charge on any atom is 0.0719 e. The number of aliphatic hydroxyl groups is 1. The van der Waals surface area contributed by atoms with Gasteiger partial charge >= 0.3 is 0 Å². The van der Waals surface area contributed by atoms with Crippen LogP contribution in [0.3, 0.4) is 0 Å². The van der Waals surface area contributed by atoms with E-state index in [1.54, 1.807) is 6.92 Å². The summed E-state index contributed by atoms with van der Waals surface area (Å²) in [6, 6.07) is 0. The fourth-order valence-corrected chi connectivity index (χ4v) is 0.493. The molecule has 1 heteroatoms.